The summed E-state index contributed by atoms with van der Waals surface area (Å²) in [6.07, 6.45) is 1.44. The zero-order chi connectivity index (χ0) is 21.6. The van der Waals surface area contributed by atoms with E-state index in [4.69, 9.17) is 26.7 Å². The normalized spacial score (nSPS) is 10.2. The molecule has 0 saturated heterocycles. The van der Waals surface area contributed by atoms with Gasteiger partial charge in [-0.3, -0.25) is 14.4 Å². The SMILES string of the molecule is C.C.COc1ccc(-c2coc3c[c-]ccc3c2=O)c(N=NN(C)C)c1.O=S(=O)([O-])O.[Na+]. The Morgan fingerprint density at radius 1 is 1.19 bits per heavy atom. The van der Waals surface area contributed by atoms with Crippen LogP contribution in [0.2, 0.25) is 0 Å². The van der Waals surface area contributed by atoms with Gasteiger partial charge in [-0.15, -0.1) is 11.2 Å². The third kappa shape index (κ3) is 9.47. The fourth-order valence-electron chi connectivity index (χ4n) is 2.29. The molecule has 0 aliphatic carbocycles. The molecule has 0 saturated carbocycles. The maximum Gasteiger partial charge on any atom is 1.00 e. The average molecular weight is 474 g/mol. The predicted octanol–water partition coefficient (Wildman–Crippen LogP) is 1.11. The Labute approximate surface area is 209 Å². The molecule has 1 N–H and O–H groups in total. The van der Waals surface area contributed by atoms with Crippen LogP contribution in [0.1, 0.15) is 14.9 Å². The molecule has 0 fully saturated rings. The van der Waals surface area contributed by atoms with Crippen LogP contribution in [-0.4, -0.2) is 43.7 Å². The van der Waals surface area contributed by atoms with Crippen molar-refractivity contribution in [2.45, 2.75) is 14.9 Å². The molecule has 0 aliphatic rings. The van der Waals surface area contributed by atoms with Gasteiger partial charge in [0.25, 0.3) is 0 Å². The molecule has 12 heteroatoms. The molecular weight excluding hydrogens is 449 g/mol. The summed E-state index contributed by atoms with van der Waals surface area (Å²) in [6, 6.07) is 13.2. The molecule has 2 aromatic carbocycles. The van der Waals surface area contributed by atoms with Crippen molar-refractivity contribution < 1.29 is 56.2 Å². The molecular formula is C20H25N3NaO7S-. The van der Waals surface area contributed by atoms with Gasteiger partial charge in [-0.05, 0) is 17.5 Å². The van der Waals surface area contributed by atoms with E-state index in [2.05, 4.69) is 16.4 Å². The van der Waals surface area contributed by atoms with Crippen LogP contribution in [0.4, 0.5) is 5.69 Å². The van der Waals surface area contributed by atoms with E-state index in [9.17, 15) is 4.79 Å². The first-order chi connectivity index (χ1) is 13.6. The summed E-state index contributed by atoms with van der Waals surface area (Å²) in [5.41, 5.74) is 1.94. The van der Waals surface area contributed by atoms with Crippen LogP contribution in [0.25, 0.3) is 22.1 Å². The topological polar surface area (TPSA) is 145 Å². The number of hydrogen-bond acceptors (Lipinski definition) is 8. The van der Waals surface area contributed by atoms with E-state index >= 15 is 0 Å². The molecule has 0 spiro atoms. The molecule has 0 unspecified atom stereocenters. The van der Waals surface area contributed by atoms with Crippen molar-refractivity contribution in [3.63, 3.8) is 0 Å². The van der Waals surface area contributed by atoms with Gasteiger partial charge in [-0.25, -0.2) is 8.42 Å². The Kier molecular flexibility index (Phi) is 13.9. The van der Waals surface area contributed by atoms with Crippen molar-refractivity contribution in [2.75, 3.05) is 21.2 Å². The zero-order valence-corrected chi connectivity index (χ0v) is 19.5. The van der Waals surface area contributed by atoms with Gasteiger partial charge in [0, 0.05) is 31.3 Å². The van der Waals surface area contributed by atoms with Crippen molar-refractivity contribution in [2.24, 2.45) is 10.3 Å². The minimum Gasteiger partial charge on any atom is -0.726 e. The molecule has 170 valence electrons. The quantitative estimate of drug-likeness (QED) is 0.148. The van der Waals surface area contributed by atoms with Crippen LogP contribution in [0, 0.1) is 6.07 Å². The first-order valence-corrected chi connectivity index (χ1v) is 9.34. The van der Waals surface area contributed by atoms with E-state index < -0.39 is 10.4 Å². The van der Waals surface area contributed by atoms with Crippen molar-refractivity contribution in [3.05, 3.63) is 59.0 Å². The molecule has 10 nitrogen and oxygen atoms in total. The van der Waals surface area contributed by atoms with Gasteiger partial charge >= 0.3 is 29.6 Å². The van der Waals surface area contributed by atoms with Crippen LogP contribution < -0.4 is 39.7 Å². The van der Waals surface area contributed by atoms with Gasteiger partial charge in [0.15, 0.2) is 5.43 Å². The van der Waals surface area contributed by atoms with Crippen LogP contribution in [-0.2, 0) is 10.4 Å². The number of ether oxygens (including phenoxy) is 1. The van der Waals surface area contributed by atoms with Gasteiger partial charge in [0.1, 0.15) is 5.75 Å². The van der Waals surface area contributed by atoms with Crippen LogP contribution in [0.15, 0.2) is 62.2 Å². The molecule has 3 rings (SSSR count). The Balaban J connectivity index is 0. The predicted molar refractivity (Wildman–Crippen MR) is 117 cm³/mol. The van der Waals surface area contributed by atoms with Crippen molar-refractivity contribution in [1.82, 2.24) is 5.01 Å². The second-order valence-electron chi connectivity index (χ2n) is 5.75. The molecule has 0 aliphatic heterocycles. The number of rotatable bonds is 4. The maximum atomic E-state index is 12.8. The molecule has 0 atom stereocenters. The fraction of sp³-hybridized carbons (Fsp3) is 0.250. The number of benzene rings is 2. The molecule has 1 heterocycles. The van der Waals surface area contributed by atoms with E-state index in [1.165, 1.54) is 6.26 Å². The zero-order valence-electron chi connectivity index (χ0n) is 16.7. The smallest absolute Gasteiger partial charge is 0.726 e. The van der Waals surface area contributed by atoms with E-state index in [0.29, 0.717) is 33.5 Å². The number of hydrogen-bond donors (Lipinski definition) is 1. The molecule has 1 aromatic heterocycles. The average Bonchev–Trinajstić information content (AvgIpc) is 2.65. The van der Waals surface area contributed by atoms with Crippen LogP contribution >= 0.6 is 0 Å². The Morgan fingerprint density at radius 2 is 1.81 bits per heavy atom. The Morgan fingerprint density at radius 3 is 2.38 bits per heavy atom. The first-order valence-electron chi connectivity index (χ1n) is 7.97. The number of nitrogens with zero attached hydrogens (tertiary/aromatic N) is 3. The van der Waals surface area contributed by atoms with Crippen molar-refractivity contribution in [3.8, 4) is 16.9 Å². The van der Waals surface area contributed by atoms with Crippen molar-refractivity contribution >= 4 is 27.1 Å². The molecule has 0 bridgehead atoms. The van der Waals surface area contributed by atoms with Crippen molar-refractivity contribution in [1.29, 1.82) is 0 Å². The second kappa shape index (κ2) is 14.0. The molecule has 0 radical (unpaired) electrons. The van der Waals surface area contributed by atoms with E-state index in [1.807, 2.05) is 0 Å². The summed E-state index contributed by atoms with van der Waals surface area (Å²) in [6.45, 7) is 0. The Bertz CT molecular complexity index is 1190. The first kappa shape index (κ1) is 31.9. The largest absolute Gasteiger partial charge is 1.00 e. The third-order valence-corrected chi connectivity index (χ3v) is 3.45. The Hall–Kier alpha value is -2.28. The minimum atomic E-state index is -4.92. The molecule has 0 amide bonds. The number of methoxy groups -OCH3 is 1. The summed E-state index contributed by atoms with van der Waals surface area (Å²) in [5.74, 6) is 0.631. The molecule has 32 heavy (non-hydrogen) atoms. The second-order valence-corrected chi connectivity index (χ2v) is 6.60. The van der Waals surface area contributed by atoms with Gasteiger partial charge in [-0.1, -0.05) is 20.1 Å². The summed E-state index contributed by atoms with van der Waals surface area (Å²) >= 11 is 0. The fourth-order valence-corrected chi connectivity index (χ4v) is 2.29. The monoisotopic (exact) mass is 474 g/mol. The van der Waals surface area contributed by atoms with Crippen LogP contribution in [0.5, 0.6) is 5.75 Å². The van der Waals surface area contributed by atoms with E-state index in [1.54, 1.807) is 62.6 Å². The minimum absolute atomic E-state index is 0. The van der Waals surface area contributed by atoms with E-state index in [-0.39, 0.29) is 49.8 Å². The molecule has 3 aromatic rings. The third-order valence-electron chi connectivity index (χ3n) is 3.45. The van der Waals surface area contributed by atoms with Gasteiger partial charge in [0.05, 0.1) is 24.6 Å². The summed E-state index contributed by atoms with van der Waals surface area (Å²) < 4.78 is 43.6. The standard InChI is InChI=1S/C18H16N3O3.2CH4.Na.H2O4S/c1-21(2)20-19-16-10-12(23-3)8-9-13(16)15-11-24-17-7-5-4-6-14(17)18(15)22;;;;1-5(2,3)4/h4,6-11H,1-3H3;2*1H4;;(H2,1,2,3,4)/q-1;;;+1;/p-1. The number of fused-ring (bicyclic) bond motifs is 1. The summed E-state index contributed by atoms with van der Waals surface area (Å²) in [4.78, 5) is 12.8. The van der Waals surface area contributed by atoms with Gasteiger partial charge in [-0.2, -0.15) is 18.2 Å². The summed E-state index contributed by atoms with van der Waals surface area (Å²) in [5, 5.41) is 10.3. The van der Waals surface area contributed by atoms with Gasteiger partial charge in [0.2, 0.25) is 10.4 Å². The van der Waals surface area contributed by atoms with Crippen LogP contribution in [0.3, 0.4) is 0 Å². The maximum absolute atomic E-state index is 12.8. The summed E-state index contributed by atoms with van der Waals surface area (Å²) in [7, 11) is 0.192. The van der Waals surface area contributed by atoms with E-state index in [0.717, 1.165) is 0 Å². The van der Waals surface area contributed by atoms with Gasteiger partial charge < -0.3 is 13.7 Å².